The van der Waals surface area contributed by atoms with E-state index in [1.54, 1.807) is 25.3 Å². The number of methoxy groups -OCH3 is 1. The van der Waals surface area contributed by atoms with Gasteiger partial charge in [-0.05, 0) is 36.4 Å². The number of halogens is 2. The van der Waals surface area contributed by atoms with E-state index in [0.717, 1.165) is 11.0 Å². The van der Waals surface area contributed by atoms with E-state index in [0.29, 0.717) is 32.9 Å². The van der Waals surface area contributed by atoms with Gasteiger partial charge >= 0.3 is 0 Å². The Bertz CT molecular complexity index is 1200. The van der Waals surface area contributed by atoms with Gasteiger partial charge in [-0.1, -0.05) is 53.5 Å². The molecule has 0 saturated heterocycles. The van der Waals surface area contributed by atoms with E-state index in [1.165, 1.54) is 0 Å². The number of carbonyl (C=O) groups excluding carboxylic acids is 1. The predicted octanol–water partition coefficient (Wildman–Crippen LogP) is 5.66. The van der Waals surface area contributed by atoms with E-state index in [-0.39, 0.29) is 12.5 Å². The molecule has 0 aliphatic rings. The molecule has 5 nitrogen and oxygen atoms in total. The normalized spacial score (nSPS) is 10.9. The summed E-state index contributed by atoms with van der Waals surface area (Å²) in [4.78, 5) is 17.5. The fourth-order valence-corrected chi connectivity index (χ4v) is 3.58. The van der Waals surface area contributed by atoms with Crippen molar-refractivity contribution >= 4 is 45.8 Å². The first-order chi connectivity index (χ1) is 14.1. The third kappa shape index (κ3) is 3.79. The molecule has 29 heavy (non-hydrogen) atoms. The van der Waals surface area contributed by atoms with Crippen LogP contribution in [0.2, 0.25) is 10.0 Å². The largest absolute Gasteiger partial charge is 0.495 e. The second kappa shape index (κ2) is 8.15. The van der Waals surface area contributed by atoms with Crippen LogP contribution in [-0.4, -0.2) is 22.6 Å². The zero-order valence-corrected chi connectivity index (χ0v) is 17.0. The summed E-state index contributed by atoms with van der Waals surface area (Å²) in [6, 6.07) is 20.2. The number of para-hydroxylation sites is 4. The average Bonchev–Trinajstić information content (AvgIpc) is 3.08. The van der Waals surface area contributed by atoms with Crippen molar-refractivity contribution in [1.29, 1.82) is 0 Å². The summed E-state index contributed by atoms with van der Waals surface area (Å²) in [5.41, 5.74) is 2.87. The quantitative estimate of drug-likeness (QED) is 0.448. The summed E-state index contributed by atoms with van der Waals surface area (Å²) in [5, 5.41) is 3.73. The average molecular weight is 426 g/mol. The molecule has 1 aromatic heterocycles. The minimum atomic E-state index is -0.211. The summed E-state index contributed by atoms with van der Waals surface area (Å²) >= 11 is 12.6. The summed E-state index contributed by atoms with van der Waals surface area (Å²) in [6.45, 7) is 0.0523. The summed E-state index contributed by atoms with van der Waals surface area (Å²) < 4.78 is 7.14. The van der Waals surface area contributed by atoms with Crippen molar-refractivity contribution in [3.63, 3.8) is 0 Å². The van der Waals surface area contributed by atoms with Crippen molar-refractivity contribution in [3.05, 3.63) is 76.8 Å². The van der Waals surface area contributed by atoms with Gasteiger partial charge in [0.25, 0.3) is 0 Å². The molecule has 0 fully saturated rings. The lowest BCUT2D eigenvalue weighted by atomic mass is 10.2. The predicted molar refractivity (Wildman–Crippen MR) is 117 cm³/mol. The fourth-order valence-electron chi connectivity index (χ4n) is 3.20. The van der Waals surface area contributed by atoms with Crippen molar-refractivity contribution in [3.8, 4) is 17.1 Å². The van der Waals surface area contributed by atoms with Crippen LogP contribution >= 0.6 is 23.2 Å². The van der Waals surface area contributed by atoms with E-state index in [1.807, 2.05) is 53.1 Å². The molecule has 0 aliphatic heterocycles. The second-order valence-electron chi connectivity index (χ2n) is 6.36. The number of nitrogens with one attached hydrogen (secondary N) is 1. The van der Waals surface area contributed by atoms with E-state index in [9.17, 15) is 4.79 Å². The van der Waals surface area contributed by atoms with Crippen molar-refractivity contribution in [2.45, 2.75) is 6.54 Å². The van der Waals surface area contributed by atoms with Crippen LogP contribution in [0, 0.1) is 0 Å². The number of anilines is 1. The third-order valence-electron chi connectivity index (χ3n) is 4.53. The molecule has 0 bridgehead atoms. The number of fused-ring (bicyclic) bond motifs is 1. The van der Waals surface area contributed by atoms with Crippen LogP contribution in [0.1, 0.15) is 0 Å². The third-order valence-corrected chi connectivity index (χ3v) is 5.35. The first-order valence-corrected chi connectivity index (χ1v) is 9.66. The van der Waals surface area contributed by atoms with Gasteiger partial charge in [0.15, 0.2) is 0 Å². The van der Waals surface area contributed by atoms with Crippen LogP contribution < -0.4 is 10.1 Å². The van der Waals surface area contributed by atoms with Gasteiger partial charge in [0, 0.05) is 5.56 Å². The van der Waals surface area contributed by atoms with Gasteiger partial charge in [-0.15, -0.1) is 0 Å². The zero-order chi connectivity index (χ0) is 20.4. The van der Waals surface area contributed by atoms with Gasteiger partial charge in [0.2, 0.25) is 5.91 Å². The smallest absolute Gasteiger partial charge is 0.244 e. The van der Waals surface area contributed by atoms with Crippen LogP contribution in [0.3, 0.4) is 0 Å². The number of imidazole rings is 1. The fraction of sp³-hybridized carbons (Fsp3) is 0.0909. The molecule has 0 spiro atoms. The zero-order valence-electron chi connectivity index (χ0n) is 15.5. The molecule has 0 aliphatic carbocycles. The molecule has 3 aromatic carbocycles. The molecule has 4 rings (SSSR count). The molecule has 146 valence electrons. The Morgan fingerprint density at radius 3 is 2.62 bits per heavy atom. The van der Waals surface area contributed by atoms with Crippen LogP contribution in [-0.2, 0) is 11.3 Å². The van der Waals surface area contributed by atoms with Gasteiger partial charge in [0.1, 0.15) is 18.1 Å². The van der Waals surface area contributed by atoms with E-state index in [2.05, 4.69) is 5.32 Å². The maximum atomic E-state index is 12.9. The molecule has 0 radical (unpaired) electrons. The molecule has 1 heterocycles. The first kappa shape index (κ1) is 19.3. The van der Waals surface area contributed by atoms with E-state index >= 15 is 0 Å². The molecule has 0 atom stereocenters. The van der Waals surface area contributed by atoms with Gasteiger partial charge in [-0.3, -0.25) is 4.79 Å². The molecule has 7 heteroatoms. The Morgan fingerprint density at radius 1 is 1.03 bits per heavy atom. The Hall–Kier alpha value is -3.02. The number of hydrogen-bond donors (Lipinski definition) is 1. The van der Waals surface area contributed by atoms with Gasteiger partial charge in [-0.2, -0.15) is 0 Å². The standard InChI is InChI=1S/C22H17Cl2N3O2/c1-29-19-12-5-3-10-17(19)25-20(28)13-27-18-11-4-2-9-16(18)26-22(27)14-7-6-8-15(23)21(14)24/h2-12H,13H2,1H3,(H,25,28). The Morgan fingerprint density at radius 2 is 1.79 bits per heavy atom. The van der Waals surface area contributed by atoms with Gasteiger partial charge < -0.3 is 14.6 Å². The molecule has 1 N–H and O–H groups in total. The number of hydrogen-bond acceptors (Lipinski definition) is 3. The number of rotatable bonds is 5. The highest BCUT2D eigenvalue weighted by atomic mass is 35.5. The van der Waals surface area contributed by atoms with Crippen LogP contribution in [0.15, 0.2) is 66.7 Å². The SMILES string of the molecule is COc1ccccc1NC(=O)Cn1c(-c2cccc(Cl)c2Cl)nc2ccccc21. The lowest BCUT2D eigenvalue weighted by Gasteiger charge is -2.13. The Balaban J connectivity index is 1.75. The lowest BCUT2D eigenvalue weighted by Crippen LogP contribution is -2.19. The lowest BCUT2D eigenvalue weighted by molar-refractivity contribution is -0.116. The van der Waals surface area contributed by atoms with Crippen LogP contribution in [0.25, 0.3) is 22.4 Å². The number of aromatic nitrogens is 2. The maximum Gasteiger partial charge on any atom is 0.244 e. The van der Waals surface area contributed by atoms with E-state index in [4.69, 9.17) is 32.9 Å². The molecular weight excluding hydrogens is 409 g/mol. The summed E-state index contributed by atoms with van der Waals surface area (Å²) in [5.74, 6) is 0.959. The van der Waals surface area contributed by atoms with E-state index < -0.39 is 0 Å². The monoisotopic (exact) mass is 425 g/mol. The minimum Gasteiger partial charge on any atom is -0.495 e. The number of nitrogens with zero attached hydrogens (tertiary/aromatic N) is 2. The molecular formula is C22H17Cl2N3O2. The molecule has 0 unspecified atom stereocenters. The van der Waals surface area contributed by atoms with Crippen LogP contribution in [0.5, 0.6) is 5.75 Å². The maximum absolute atomic E-state index is 12.9. The van der Waals surface area contributed by atoms with Crippen molar-refractivity contribution in [2.24, 2.45) is 0 Å². The summed E-state index contributed by atoms with van der Waals surface area (Å²) in [6.07, 6.45) is 0. The number of amides is 1. The molecule has 1 amide bonds. The topological polar surface area (TPSA) is 56.1 Å². The Labute approximate surface area is 177 Å². The number of benzene rings is 3. The molecule has 4 aromatic rings. The highest BCUT2D eigenvalue weighted by Gasteiger charge is 2.18. The minimum absolute atomic E-state index is 0.0523. The van der Waals surface area contributed by atoms with Crippen molar-refractivity contribution in [1.82, 2.24) is 9.55 Å². The van der Waals surface area contributed by atoms with Crippen molar-refractivity contribution in [2.75, 3.05) is 12.4 Å². The van der Waals surface area contributed by atoms with Crippen molar-refractivity contribution < 1.29 is 9.53 Å². The first-order valence-electron chi connectivity index (χ1n) is 8.91. The highest BCUT2D eigenvalue weighted by molar-refractivity contribution is 6.43. The van der Waals surface area contributed by atoms with Gasteiger partial charge in [-0.25, -0.2) is 4.98 Å². The number of carbonyl (C=O) groups is 1. The molecule has 0 saturated carbocycles. The highest BCUT2D eigenvalue weighted by Crippen LogP contribution is 2.34. The number of ether oxygens (including phenoxy) is 1. The summed E-state index contributed by atoms with van der Waals surface area (Å²) in [7, 11) is 1.56. The van der Waals surface area contributed by atoms with Gasteiger partial charge in [0.05, 0.1) is 33.9 Å². The second-order valence-corrected chi connectivity index (χ2v) is 7.15. The van der Waals surface area contributed by atoms with Crippen LogP contribution in [0.4, 0.5) is 5.69 Å². The Kier molecular flexibility index (Phi) is 5.43.